The van der Waals surface area contributed by atoms with Crippen molar-refractivity contribution in [1.29, 1.82) is 0 Å². The molecule has 0 aliphatic carbocycles. The van der Waals surface area contributed by atoms with Gasteiger partial charge in [0.2, 0.25) is 0 Å². The Bertz CT molecular complexity index is 577. The summed E-state index contributed by atoms with van der Waals surface area (Å²) in [4.78, 5) is 14.9. The van der Waals surface area contributed by atoms with Crippen molar-refractivity contribution in [3.05, 3.63) is 39.9 Å². The molecule has 1 fully saturated rings. The van der Waals surface area contributed by atoms with Crippen LogP contribution in [0.4, 0.5) is 5.69 Å². The minimum atomic E-state index is -0.401. The van der Waals surface area contributed by atoms with Gasteiger partial charge in [-0.3, -0.25) is 10.1 Å². The molecule has 1 unspecified atom stereocenters. The number of hydrogen-bond donors (Lipinski definition) is 2. The van der Waals surface area contributed by atoms with Crippen LogP contribution in [0, 0.1) is 10.1 Å². The Morgan fingerprint density at radius 2 is 2.15 bits per heavy atom. The number of nitro groups is 1. The zero-order valence-electron chi connectivity index (χ0n) is 15.7. The van der Waals surface area contributed by atoms with Gasteiger partial charge in [-0.05, 0) is 31.7 Å². The lowest BCUT2D eigenvalue weighted by Gasteiger charge is -2.15. The average molecular weight is 492 g/mol. The molecule has 1 aromatic carbocycles. The third-order valence-electron chi connectivity index (χ3n) is 4.05. The number of nitrogens with one attached hydrogen (secondary N) is 2. The van der Waals surface area contributed by atoms with Gasteiger partial charge in [0, 0.05) is 45.0 Å². The summed E-state index contributed by atoms with van der Waals surface area (Å²) < 4.78 is 11.0. The first-order valence-electron chi connectivity index (χ1n) is 9.14. The van der Waals surface area contributed by atoms with Crippen LogP contribution in [0.1, 0.15) is 31.7 Å². The highest BCUT2D eigenvalue weighted by Gasteiger charge is 2.15. The highest BCUT2D eigenvalue weighted by molar-refractivity contribution is 14.0. The van der Waals surface area contributed by atoms with Crippen LogP contribution in [0.25, 0.3) is 0 Å². The van der Waals surface area contributed by atoms with E-state index in [-0.39, 0.29) is 35.8 Å². The van der Waals surface area contributed by atoms with Crippen molar-refractivity contribution in [2.75, 3.05) is 32.9 Å². The quantitative estimate of drug-likeness (QED) is 0.130. The van der Waals surface area contributed by atoms with Crippen LogP contribution < -0.4 is 10.6 Å². The van der Waals surface area contributed by atoms with Crippen LogP contribution in [0.5, 0.6) is 0 Å². The Kier molecular flexibility index (Phi) is 11.9. The molecule has 0 saturated carbocycles. The summed E-state index contributed by atoms with van der Waals surface area (Å²) in [5.41, 5.74) is 1.01. The van der Waals surface area contributed by atoms with Crippen molar-refractivity contribution in [3.63, 3.8) is 0 Å². The number of halogens is 1. The molecule has 27 heavy (non-hydrogen) atoms. The average Bonchev–Trinajstić information content (AvgIpc) is 3.17. The van der Waals surface area contributed by atoms with Gasteiger partial charge in [0.1, 0.15) is 0 Å². The summed E-state index contributed by atoms with van der Waals surface area (Å²) in [7, 11) is 0. The number of nitrogens with zero attached hydrogens (tertiary/aromatic N) is 2. The lowest BCUT2D eigenvalue weighted by Crippen LogP contribution is -2.41. The second-order valence-corrected chi connectivity index (χ2v) is 6.08. The van der Waals surface area contributed by atoms with Gasteiger partial charge in [-0.15, -0.1) is 24.0 Å². The summed E-state index contributed by atoms with van der Waals surface area (Å²) in [5.74, 6) is 0.718. The molecule has 2 rings (SSSR count). The highest BCUT2D eigenvalue weighted by Crippen LogP contribution is 2.13. The highest BCUT2D eigenvalue weighted by atomic mass is 127. The second kappa shape index (κ2) is 13.7. The number of rotatable bonds is 10. The standard InChI is InChI=1S/C18H28N4O4.HI/c1-2-25-11-4-10-19-18(21-14-17-5-3-12-26-17)20-13-15-6-8-16(9-7-15)22(23)24;/h6-9,17H,2-5,10-14H2,1H3,(H2,19,20,21);1H. The third-order valence-corrected chi connectivity index (χ3v) is 4.05. The summed E-state index contributed by atoms with van der Waals surface area (Å²) in [6.45, 7) is 6.17. The van der Waals surface area contributed by atoms with Gasteiger partial charge >= 0.3 is 0 Å². The van der Waals surface area contributed by atoms with Crippen LogP contribution in [0.3, 0.4) is 0 Å². The Morgan fingerprint density at radius 3 is 2.78 bits per heavy atom. The van der Waals surface area contributed by atoms with Crippen molar-refractivity contribution >= 4 is 35.6 Å². The predicted octanol–water partition coefficient (Wildman–Crippen LogP) is 2.85. The summed E-state index contributed by atoms with van der Waals surface area (Å²) in [6.07, 6.45) is 3.28. The molecule has 2 N–H and O–H groups in total. The molecule has 1 atom stereocenters. The Morgan fingerprint density at radius 1 is 1.37 bits per heavy atom. The Hall–Kier alpha value is -1.46. The predicted molar refractivity (Wildman–Crippen MR) is 116 cm³/mol. The summed E-state index contributed by atoms with van der Waals surface area (Å²) in [5, 5.41) is 17.3. The molecule has 0 aromatic heterocycles. The summed E-state index contributed by atoms with van der Waals surface area (Å²) in [6, 6.07) is 6.46. The van der Waals surface area contributed by atoms with E-state index in [4.69, 9.17) is 9.47 Å². The molecule has 1 heterocycles. The van der Waals surface area contributed by atoms with E-state index in [1.165, 1.54) is 12.1 Å². The largest absolute Gasteiger partial charge is 0.382 e. The maximum absolute atomic E-state index is 10.7. The zero-order chi connectivity index (χ0) is 18.6. The molecule has 0 spiro atoms. The lowest BCUT2D eigenvalue weighted by atomic mass is 10.2. The van der Waals surface area contributed by atoms with Crippen molar-refractivity contribution in [2.45, 2.75) is 38.8 Å². The number of nitro benzene ring substituents is 1. The molecule has 0 amide bonds. The minimum absolute atomic E-state index is 0. The number of benzene rings is 1. The molecular formula is C18H29IN4O4. The van der Waals surface area contributed by atoms with Crippen LogP contribution in [-0.2, 0) is 16.0 Å². The molecule has 0 radical (unpaired) electrons. The number of aliphatic imine (C=N–C) groups is 1. The SMILES string of the molecule is CCOCCCNC(=NCc1ccc([N+](=O)[O-])cc1)NCC1CCCO1.I. The lowest BCUT2D eigenvalue weighted by molar-refractivity contribution is -0.384. The van der Waals surface area contributed by atoms with Gasteiger partial charge in [0.05, 0.1) is 17.6 Å². The number of non-ortho nitro benzene ring substituents is 1. The molecule has 1 aliphatic rings. The number of ether oxygens (including phenoxy) is 2. The van der Waals surface area contributed by atoms with Gasteiger partial charge in [0.25, 0.3) is 5.69 Å². The van der Waals surface area contributed by atoms with E-state index >= 15 is 0 Å². The molecule has 0 bridgehead atoms. The van der Waals surface area contributed by atoms with E-state index in [1.54, 1.807) is 12.1 Å². The van der Waals surface area contributed by atoms with Gasteiger partial charge in [0.15, 0.2) is 5.96 Å². The van der Waals surface area contributed by atoms with Crippen LogP contribution >= 0.6 is 24.0 Å². The van der Waals surface area contributed by atoms with Crippen LogP contribution in [-0.4, -0.2) is 49.9 Å². The van der Waals surface area contributed by atoms with Gasteiger partial charge in [-0.1, -0.05) is 12.1 Å². The minimum Gasteiger partial charge on any atom is -0.382 e. The third kappa shape index (κ3) is 9.34. The topological polar surface area (TPSA) is 98.0 Å². The van der Waals surface area contributed by atoms with Crippen molar-refractivity contribution < 1.29 is 14.4 Å². The van der Waals surface area contributed by atoms with Crippen LogP contribution in [0.2, 0.25) is 0 Å². The number of hydrogen-bond acceptors (Lipinski definition) is 5. The van der Waals surface area contributed by atoms with E-state index in [0.29, 0.717) is 13.2 Å². The van der Waals surface area contributed by atoms with Crippen molar-refractivity contribution in [1.82, 2.24) is 10.6 Å². The van der Waals surface area contributed by atoms with Crippen LogP contribution in [0.15, 0.2) is 29.3 Å². The molecule has 1 aliphatic heterocycles. The Balaban J connectivity index is 0.00000364. The monoisotopic (exact) mass is 492 g/mol. The summed E-state index contributed by atoms with van der Waals surface area (Å²) >= 11 is 0. The first-order valence-corrected chi connectivity index (χ1v) is 9.14. The molecule has 1 saturated heterocycles. The van der Waals surface area contributed by atoms with Gasteiger partial charge in [-0.2, -0.15) is 0 Å². The normalized spacial score (nSPS) is 16.6. The maximum Gasteiger partial charge on any atom is 0.269 e. The first-order chi connectivity index (χ1) is 12.7. The smallest absolute Gasteiger partial charge is 0.269 e. The fraction of sp³-hybridized carbons (Fsp3) is 0.611. The molecular weight excluding hydrogens is 463 g/mol. The molecule has 9 heteroatoms. The van der Waals surface area contributed by atoms with Gasteiger partial charge in [-0.25, -0.2) is 4.99 Å². The van der Waals surface area contributed by atoms with E-state index in [2.05, 4.69) is 15.6 Å². The fourth-order valence-corrected chi connectivity index (χ4v) is 2.61. The first kappa shape index (κ1) is 23.6. The van der Waals surface area contributed by atoms with Crippen molar-refractivity contribution in [2.24, 2.45) is 4.99 Å². The Labute approximate surface area is 177 Å². The van der Waals surface area contributed by atoms with E-state index in [9.17, 15) is 10.1 Å². The molecule has 152 valence electrons. The van der Waals surface area contributed by atoms with Gasteiger partial charge < -0.3 is 20.1 Å². The zero-order valence-corrected chi connectivity index (χ0v) is 18.0. The fourth-order valence-electron chi connectivity index (χ4n) is 2.61. The van der Waals surface area contributed by atoms with E-state index in [1.807, 2.05) is 6.92 Å². The molecule has 1 aromatic rings. The van der Waals surface area contributed by atoms with E-state index in [0.717, 1.165) is 57.1 Å². The van der Waals surface area contributed by atoms with E-state index < -0.39 is 4.92 Å². The maximum atomic E-state index is 10.7. The second-order valence-electron chi connectivity index (χ2n) is 6.08. The van der Waals surface area contributed by atoms with Crippen molar-refractivity contribution in [3.8, 4) is 0 Å². The molecule has 8 nitrogen and oxygen atoms in total. The number of guanidine groups is 1.